The number of ether oxygens (including phenoxy) is 1. The maximum atomic E-state index is 11.0. The van der Waals surface area contributed by atoms with Gasteiger partial charge < -0.3 is 9.64 Å². The molecule has 0 atom stereocenters. The second kappa shape index (κ2) is 5.71. The molecule has 0 bridgehead atoms. The van der Waals surface area contributed by atoms with Crippen molar-refractivity contribution >= 4 is 11.7 Å². The third-order valence-corrected chi connectivity index (χ3v) is 2.21. The highest BCUT2D eigenvalue weighted by Gasteiger charge is 2.09. The Bertz CT molecular complexity index is 412. The number of anilines is 1. The van der Waals surface area contributed by atoms with E-state index in [9.17, 15) is 4.79 Å². The molecule has 1 aromatic rings. The van der Waals surface area contributed by atoms with Crippen LogP contribution in [0, 0.1) is 11.3 Å². The smallest absolute Gasteiger partial charge is 0.307 e. The molecule has 1 rings (SSSR count). The summed E-state index contributed by atoms with van der Waals surface area (Å²) in [4.78, 5) is 16.7. The summed E-state index contributed by atoms with van der Waals surface area (Å²) in [7, 11) is 3.16. The number of pyridine rings is 1. The highest BCUT2D eigenvalue weighted by atomic mass is 16.5. The minimum atomic E-state index is -0.269. The summed E-state index contributed by atoms with van der Waals surface area (Å²) in [6, 6.07) is 3.72. The lowest BCUT2D eigenvalue weighted by Crippen LogP contribution is -2.22. The minimum absolute atomic E-state index is 0.269. The minimum Gasteiger partial charge on any atom is -0.469 e. The van der Waals surface area contributed by atoms with Crippen LogP contribution in [0.3, 0.4) is 0 Å². The van der Waals surface area contributed by atoms with Gasteiger partial charge in [0.15, 0.2) is 0 Å². The van der Waals surface area contributed by atoms with E-state index in [1.54, 1.807) is 25.5 Å². The van der Waals surface area contributed by atoms with Crippen molar-refractivity contribution < 1.29 is 9.53 Å². The number of nitriles is 1. The molecular formula is C11H13N3O2. The second-order valence-electron chi connectivity index (χ2n) is 3.25. The van der Waals surface area contributed by atoms with Crippen molar-refractivity contribution in [1.29, 1.82) is 5.26 Å². The average molecular weight is 219 g/mol. The zero-order chi connectivity index (χ0) is 12.0. The Balaban J connectivity index is 2.70. The van der Waals surface area contributed by atoms with Crippen molar-refractivity contribution in [3.63, 3.8) is 0 Å². The lowest BCUT2D eigenvalue weighted by atomic mass is 10.2. The Morgan fingerprint density at radius 2 is 2.44 bits per heavy atom. The van der Waals surface area contributed by atoms with Crippen LogP contribution in [0.2, 0.25) is 0 Å². The fraction of sp³-hybridized carbons (Fsp3) is 0.364. The molecule has 0 unspecified atom stereocenters. The zero-order valence-corrected chi connectivity index (χ0v) is 9.30. The predicted molar refractivity (Wildman–Crippen MR) is 58.9 cm³/mol. The molecular weight excluding hydrogens is 206 g/mol. The van der Waals surface area contributed by atoms with E-state index in [2.05, 4.69) is 15.8 Å². The fourth-order valence-corrected chi connectivity index (χ4v) is 1.27. The molecule has 16 heavy (non-hydrogen) atoms. The van der Waals surface area contributed by atoms with Crippen molar-refractivity contribution in [2.75, 3.05) is 25.6 Å². The summed E-state index contributed by atoms with van der Waals surface area (Å²) >= 11 is 0. The average Bonchev–Trinajstić information content (AvgIpc) is 2.35. The van der Waals surface area contributed by atoms with Crippen LogP contribution in [0.1, 0.15) is 12.0 Å². The monoisotopic (exact) mass is 219 g/mol. The standard InChI is InChI=1S/C11H13N3O2/c1-14(6-4-11(15)16-2)10-8-13-5-3-9(10)7-12/h3,5,8H,4,6H2,1-2H3. The van der Waals surface area contributed by atoms with Gasteiger partial charge in [0.2, 0.25) is 0 Å². The maximum absolute atomic E-state index is 11.0. The summed E-state index contributed by atoms with van der Waals surface area (Å²) in [5, 5.41) is 8.89. The third kappa shape index (κ3) is 2.95. The Kier molecular flexibility index (Phi) is 4.28. The van der Waals surface area contributed by atoms with E-state index in [1.807, 2.05) is 4.90 Å². The summed E-state index contributed by atoms with van der Waals surface area (Å²) in [5.41, 5.74) is 1.26. The molecule has 0 aromatic carbocycles. The van der Waals surface area contributed by atoms with E-state index in [0.717, 1.165) is 0 Å². The van der Waals surface area contributed by atoms with Crippen molar-refractivity contribution in [2.45, 2.75) is 6.42 Å². The molecule has 0 saturated heterocycles. The number of aromatic nitrogens is 1. The number of hydrogen-bond donors (Lipinski definition) is 0. The van der Waals surface area contributed by atoms with Crippen LogP contribution in [0.25, 0.3) is 0 Å². The van der Waals surface area contributed by atoms with Gasteiger partial charge in [0.05, 0.1) is 31.0 Å². The van der Waals surface area contributed by atoms with Crippen molar-refractivity contribution in [3.05, 3.63) is 24.0 Å². The van der Waals surface area contributed by atoms with Crippen LogP contribution in [0.5, 0.6) is 0 Å². The Hall–Kier alpha value is -2.09. The summed E-state index contributed by atoms with van der Waals surface area (Å²) in [6.45, 7) is 0.493. The molecule has 0 fully saturated rings. The van der Waals surface area contributed by atoms with E-state index < -0.39 is 0 Å². The van der Waals surface area contributed by atoms with Gasteiger partial charge in [0.1, 0.15) is 6.07 Å². The van der Waals surface area contributed by atoms with E-state index in [0.29, 0.717) is 17.8 Å². The molecule has 0 aliphatic heterocycles. The topological polar surface area (TPSA) is 66.2 Å². The number of esters is 1. The predicted octanol–water partition coefficient (Wildman–Crippen LogP) is 0.953. The molecule has 0 aliphatic rings. The van der Waals surface area contributed by atoms with Gasteiger partial charge in [0.25, 0.3) is 0 Å². The van der Waals surface area contributed by atoms with Gasteiger partial charge in [-0.05, 0) is 6.07 Å². The van der Waals surface area contributed by atoms with Gasteiger partial charge in [-0.15, -0.1) is 0 Å². The van der Waals surface area contributed by atoms with Crippen molar-refractivity contribution in [1.82, 2.24) is 4.98 Å². The first-order chi connectivity index (χ1) is 7.69. The maximum Gasteiger partial charge on any atom is 0.307 e. The van der Waals surface area contributed by atoms with Crippen LogP contribution in [0.15, 0.2) is 18.5 Å². The molecule has 0 spiro atoms. The van der Waals surface area contributed by atoms with Gasteiger partial charge in [-0.1, -0.05) is 0 Å². The molecule has 5 heteroatoms. The van der Waals surface area contributed by atoms with Gasteiger partial charge in [0, 0.05) is 19.8 Å². The van der Waals surface area contributed by atoms with Crippen molar-refractivity contribution in [2.24, 2.45) is 0 Å². The molecule has 0 radical (unpaired) electrons. The first-order valence-corrected chi connectivity index (χ1v) is 4.81. The molecule has 0 N–H and O–H groups in total. The van der Waals surface area contributed by atoms with Crippen LogP contribution in [0.4, 0.5) is 5.69 Å². The largest absolute Gasteiger partial charge is 0.469 e. The van der Waals surface area contributed by atoms with Crippen LogP contribution in [-0.4, -0.2) is 31.7 Å². The van der Waals surface area contributed by atoms with E-state index in [1.165, 1.54) is 7.11 Å². The van der Waals surface area contributed by atoms with Gasteiger partial charge >= 0.3 is 5.97 Å². The number of nitrogens with zero attached hydrogens (tertiary/aromatic N) is 3. The number of carbonyl (C=O) groups is 1. The van der Waals surface area contributed by atoms with E-state index >= 15 is 0 Å². The number of methoxy groups -OCH3 is 1. The molecule has 0 saturated carbocycles. The second-order valence-corrected chi connectivity index (χ2v) is 3.25. The molecule has 1 heterocycles. The molecule has 1 aromatic heterocycles. The van der Waals surface area contributed by atoms with Crippen LogP contribution in [-0.2, 0) is 9.53 Å². The first-order valence-electron chi connectivity index (χ1n) is 4.81. The number of hydrogen-bond acceptors (Lipinski definition) is 5. The summed E-state index contributed by atoms with van der Waals surface area (Å²) in [5.74, 6) is -0.269. The first kappa shape index (κ1) is 12.0. The van der Waals surface area contributed by atoms with Gasteiger partial charge in [-0.25, -0.2) is 0 Å². The highest BCUT2D eigenvalue weighted by Crippen LogP contribution is 2.16. The Labute approximate surface area is 94.3 Å². The molecule has 0 aliphatic carbocycles. The number of carbonyl (C=O) groups excluding carboxylic acids is 1. The molecule has 84 valence electrons. The zero-order valence-electron chi connectivity index (χ0n) is 9.30. The fourth-order valence-electron chi connectivity index (χ4n) is 1.27. The van der Waals surface area contributed by atoms with Gasteiger partial charge in [-0.3, -0.25) is 9.78 Å². The summed E-state index contributed by atoms with van der Waals surface area (Å²) < 4.78 is 4.55. The number of rotatable bonds is 4. The lowest BCUT2D eigenvalue weighted by Gasteiger charge is -2.18. The normalized spacial score (nSPS) is 9.31. The third-order valence-electron chi connectivity index (χ3n) is 2.21. The Morgan fingerprint density at radius 3 is 3.06 bits per heavy atom. The molecule has 0 amide bonds. The van der Waals surface area contributed by atoms with E-state index in [4.69, 9.17) is 5.26 Å². The van der Waals surface area contributed by atoms with Crippen LogP contribution >= 0.6 is 0 Å². The lowest BCUT2D eigenvalue weighted by molar-refractivity contribution is -0.140. The molecule has 5 nitrogen and oxygen atoms in total. The van der Waals surface area contributed by atoms with Crippen molar-refractivity contribution in [3.8, 4) is 6.07 Å². The van der Waals surface area contributed by atoms with E-state index in [-0.39, 0.29) is 12.4 Å². The SMILES string of the molecule is COC(=O)CCN(C)c1cnccc1C#N. The summed E-state index contributed by atoms with van der Waals surface area (Å²) in [6.07, 6.45) is 3.46. The van der Waals surface area contributed by atoms with Gasteiger partial charge in [-0.2, -0.15) is 5.26 Å². The quantitative estimate of drug-likeness (QED) is 0.705. The Morgan fingerprint density at radius 1 is 1.69 bits per heavy atom. The highest BCUT2D eigenvalue weighted by molar-refractivity contribution is 5.70. The van der Waals surface area contributed by atoms with Crippen LogP contribution < -0.4 is 4.90 Å².